The van der Waals surface area contributed by atoms with Gasteiger partial charge in [0.25, 0.3) is 0 Å². The monoisotopic (exact) mass is 918 g/mol. The van der Waals surface area contributed by atoms with Crippen molar-refractivity contribution in [1.29, 1.82) is 0 Å². The van der Waals surface area contributed by atoms with E-state index in [-0.39, 0.29) is 30.2 Å². The summed E-state index contributed by atoms with van der Waals surface area (Å²) in [5, 5.41) is 4.28. The quantitative estimate of drug-likeness (QED) is 0.124. The molecular formula is C53H52Cl4Zr. The maximum atomic E-state index is 6.50. The summed E-state index contributed by atoms with van der Waals surface area (Å²) in [6.07, 6.45) is 18.7. The van der Waals surface area contributed by atoms with Crippen molar-refractivity contribution in [2.24, 2.45) is 0 Å². The SMILES string of the molecule is CCCCC1(c2ccccc2C)C(C)=CC2=c3cc(C)c(-c4ccccc4C)cc3=CC2=[C]1[Zr]([C]1=CC=CC1)=[C](Cc1ccc(Cl)cc1)Cc1ccc(Cl)cc1.Cl.Cl. The molecule has 5 heteroatoms. The van der Waals surface area contributed by atoms with Gasteiger partial charge in [0.2, 0.25) is 0 Å². The Kier molecular flexibility index (Phi) is 14.5. The third kappa shape index (κ3) is 8.51. The van der Waals surface area contributed by atoms with E-state index in [9.17, 15) is 0 Å². The van der Waals surface area contributed by atoms with Crippen LogP contribution >= 0.6 is 48.0 Å². The summed E-state index contributed by atoms with van der Waals surface area (Å²) in [6, 6.07) is 40.3. The van der Waals surface area contributed by atoms with Crippen molar-refractivity contribution in [3.05, 3.63) is 205 Å². The molecule has 1 atom stereocenters. The Hall–Kier alpha value is -3.29. The van der Waals surface area contributed by atoms with Crippen LogP contribution in [0.15, 0.2) is 151 Å². The van der Waals surface area contributed by atoms with E-state index in [1.54, 1.807) is 9.77 Å². The van der Waals surface area contributed by atoms with Crippen LogP contribution in [-0.4, -0.2) is 3.21 Å². The molecule has 0 aromatic heterocycles. The summed E-state index contributed by atoms with van der Waals surface area (Å²) in [6.45, 7) is 11.7. The summed E-state index contributed by atoms with van der Waals surface area (Å²) in [5.74, 6) is 0. The molecule has 8 rings (SSSR count). The number of fused-ring (bicyclic) bond motifs is 2. The molecule has 0 N–H and O–H groups in total. The average Bonchev–Trinajstić information content (AvgIpc) is 3.85. The zero-order valence-corrected chi connectivity index (χ0v) is 39.7. The summed E-state index contributed by atoms with van der Waals surface area (Å²) in [7, 11) is 0. The van der Waals surface area contributed by atoms with Crippen LogP contribution in [0.2, 0.25) is 10.0 Å². The Balaban J connectivity index is 0.00000283. The number of hydrogen-bond acceptors (Lipinski definition) is 0. The summed E-state index contributed by atoms with van der Waals surface area (Å²) in [5.41, 5.74) is 15.0. The minimum absolute atomic E-state index is 0. The Morgan fingerprint density at radius 3 is 1.88 bits per heavy atom. The van der Waals surface area contributed by atoms with Crippen molar-refractivity contribution >= 4 is 62.9 Å². The fraction of sp³-hybridized carbons (Fsp3) is 0.226. The van der Waals surface area contributed by atoms with Crippen LogP contribution < -0.4 is 10.4 Å². The van der Waals surface area contributed by atoms with Crippen LogP contribution in [0.25, 0.3) is 22.8 Å². The Morgan fingerprint density at radius 1 is 0.672 bits per heavy atom. The van der Waals surface area contributed by atoms with E-state index in [1.165, 1.54) is 71.7 Å². The predicted molar refractivity (Wildman–Crippen MR) is 253 cm³/mol. The molecule has 0 fully saturated rings. The van der Waals surface area contributed by atoms with E-state index in [1.807, 2.05) is 0 Å². The van der Waals surface area contributed by atoms with E-state index >= 15 is 0 Å². The van der Waals surface area contributed by atoms with Gasteiger partial charge in [-0.25, -0.2) is 0 Å². The van der Waals surface area contributed by atoms with Crippen molar-refractivity contribution in [1.82, 2.24) is 0 Å². The number of hydrogen-bond donors (Lipinski definition) is 0. The van der Waals surface area contributed by atoms with Gasteiger partial charge in [0, 0.05) is 0 Å². The Morgan fingerprint density at radius 2 is 1.29 bits per heavy atom. The largest absolute Gasteiger partial charge is 0.147 e. The van der Waals surface area contributed by atoms with E-state index in [4.69, 9.17) is 23.2 Å². The van der Waals surface area contributed by atoms with Crippen LogP contribution in [-0.2, 0) is 39.5 Å². The smallest absolute Gasteiger partial charge is 0.147 e. The second kappa shape index (κ2) is 19.0. The van der Waals surface area contributed by atoms with Crippen molar-refractivity contribution in [3.8, 4) is 11.1 Å². The molecule has 5 aromatic rings. The molecule has 296 valence electrons. The van der Waals surface area contributed by atoms with Gasteiger partial charge in [-0.3, -0.25) is 0 Å². The predicted octanol–water partition coefficient (Wildman–Crippen LogP) is 13.8. The van der Waals surface area contributed by atoms with Gasteiger partial charge in [-0.1, -0.05) is 0 Å². The third-order valence-electron chi connectivity index (χ3n) is 12.3. The van der Waals surface area contributed by atoms with Gasteiger partial charge in [-0.2, -0.15) is 0 Å². The molecule has 0 heterocycles. The molecule has 0 nitrogen and oxygen atoms in total. The molecule has 5 aromatic carbocycles. The zero-order valence-electron chi connectivity index (χ0n) is 34.1. The molecule has 0 spiro atoms. The summed E-state index contributed by atoms with van der Waals surface area (Å²) >= 11 is 9.97. The van der Waals surface area contributed by atoms with Gasteiger partial charge in [-0.15, -0.1) is 24.8 Å². The molecule has 0 aliphatic heterocycles. The van der Waals surface area contributed by atoms with Gasteiger partial charge in [0.05, 0.1) is 0 Å². The second-order valence-electron chi connectivity index (χ2n) is 16.0. The van der Waals surface area contributed by atoms with Crippen molar-refractivity contribution in [2.75, 3.05) is 0 Å². The topological polar surface area (TPSA) is 0 Å². The molecular weight excluding hydrogens is 870 g/mol. The van der Waals surface area contributed by atoms with Gasteiger partial charge in [0.15, 0.2) is 0 Å². The van der Waals surface area contributed by atoms with Crippen molar-refractivity contribution < 1.29 is 21.3 Å². The summed E-state index contributed by atoms with van der Waals surface area (Å²) < 4.78 is 5.09. The second-order valence-corrected chi connectivity index (χ2v) is 23.2. The fourth-order valence-electron chi connectivity index (χ4n) is 9.53. The van der Waals surface area contributed by atoms with Crippen LogP contribution in [0.1, 0.15) is 72.9 Å². The van der Waals surface area contributed by atoms with Crippen LogP contribution in [0, 0.1) is 20.8 Å². The fourth-order valence-corrected chi connectivity index (χ4v) is 19.2. The molecule has 0 radical (unpaired) electrons. The Labute approximate surface area is 375 Å². The first-order valence-electron chi connectivity index (χ1n) is 20.2. The number of halogens is 4. The van der Waals surface area contributed by atoms with E-state index in [0.29, 0.717) is 0 Å². The van der Waals surface area contributed by atoms with E-state index < -0.39 is 21.3 Å². The molecule has 0 amide bonds. The van der Waals surface area contributed by atoms with Crippen molar-refractivity contribution in [3.63, 3.8) is 0 Å². The standard InChI is InChI=1S/C33H33.C15H12Cl2.C5H5.2ClH.Zr/c1-6-7-16-33(32-15-11-9-13-23(32)3)21-27-19-26-20-29(28-14-10-8-12-22(28)2)24(4)17-30(26)31(27)18-25(33)5;16-14-8-4-12(5-9-14)2-1-3-13-6-10-15(17)11-7-13;1-2-4-5-3-1;;;/h8-15,17-20H,6-7,16H2,1-5H3;4-11H,2-3H2;1-3H,4H2;2*1H;. The van der Waals surface area contributed by atoms with Crippen molar-refractivity contribution in [2.45, 2.75) is 78.6 Å². The van der Waals surface area contributed by atoms with E-state index in [2.05, 4.69) is 174 Å². The zero-order chi connectivity index (χ0) is 39.0. The normalized spacial score (nSPS) is 16.4. The van der Waals surface area contributed by atoms with Gasteiger partial charge in [-0.05, 0) is 0 Å². The molecule has 0 saturated carbocycles. The van der Waals surface area contributed by atoms with Crippen LogP contribution in [0.5, 0.6) is 0 Å². The van der Waals surface area contributed by atoms with Gasteiger partial charge < -0.3 is 0 Å². The maximum Gasteiger partial charge on any atom is -0.147 e. The first kappa shape index (κ1) is 44.3. The number of unbranched alkanes of at least 4 members (excludes halogenated alkanes) is 1. The molecule has 58 heavy (non-hydrogen) atoms. The first-order valence-corrected chi connectivity index (χ1v) is 24.6. The van der Waals surface area contributed by atoms with E-state index in [0.717, 1.165) is 48.6 Å². The molecule has 0 saturated heterocycles. The Bertz CT molecular complexity index is 2590. The summed E-state index contributed by atoms with van der Waals surface area (Å²) in [4.78, 5) is 0. The number of rotatable bonds is 11. The molecule has 3 aliphatic rings. The van der Waals surface area contributed by atoms with Crippen LogP contribution in [0.3, 0.4) is 0 Å². The van der Waals surface area contributed by atoms with Crippen LogP contribution in [0.4, 0.5) is 0 Å². The van der Waals surface area contributed by atoms with Gasteiger partial charge >= 0.3 is 354 Å². The molecule has 3 aliphatic carbocycles. The number of benzene rings is 5. The third-order valence-corrected chi connectivity index (χ3v) is 20.9. The number of allylic oxidation sites excluding steroid dienone is 8. The van der Waals surface area contributed by atoms with Gasteiger partial charge in [0.1, 0.15) is 0 Å². The maximum absolute atomic E-state index is 6.50. The molecule has 0 bridgehead atoms. The first-order chi connectivity index (χ1) is 27.2. The number of aryl methyl sites for hydroxylation is 3. The minimum Gasteiger partial charge on any atom is -0.147 e. The average molecular weight is 922 g/mol. The minimum atomic E-state index is -3.02. The molecule has 1 unspecified atom stereocenters.